The number of nitrogens with zero attached hydrogens (tertiary/aromatic N) is 5. The smallest absolute Gasteiger partial charge is 0.290 e. The second-order valence-electron chi connectivity index (χ2n) is 5.37. The number of hydrogen-bond donors (Lipinski definition) is 2. The molecule has 3 N–H and O–H groups in total. The Morgan fingerprint density at radius 1 is 1.33 bits per heavy atom. The maximum Gasteiger partial charge on any atom is 0.290 e. The van der Waals surface area contributed by atoms with Crippen LogP contribution in [0.5, 0.6) is 5.88 Å². The van der Waals surface area contributed by atoms with Gasteiger partial charge in [-0.25, -0.2) is 15.0 Å². The molecule has 0 unspecified atom stereocenters. The summed E-state index contributed by atoms with van der Waals surface area (Å²) >= 11 is 0. The lowest BCUT2D eigenvalue weighted by atomic mass is 10.0. The topological polar surface area (TPSA) is 140 Å². The number of anilines is 1. The second kappa shape index (κ2) is 8.44. The molecule has 0 aliphatic rings. The van der Waals surface area contributed by atoms with E-state index in [1.54, 1.807) is 25.6 Å². The highest BCUT2D eigenvalue weighted by atomic mass is 16.5. The molecule has 0 aliphatic carbocycles. The van der Waals surface area contributed by atoms with Crippen molar-refractivity contribution in [2.24, 2.45) is 7.05 Å². The fourth-order valence-corrected chi connectivity index (χ4v) is 2.44. The van der Waals surface area contributed by atoms with E-state index in [-0.39, 0.29) is 12.3 Å². The summed E-state index contributed by atoms with van der Waals surface area (Å²) in [6.07, 6.45) is 3.38. The van der Waals surface area contributed by atoms with Gasteiger partial charge in [-0.15, -0.1) is 0 Å². The molecule has 0 fully saturated rings. The SMILES string of the molecule is COc1ccc(-c2cc(-c3cnc(C)n3C)c(C#N)c(N)n2)cn1.O=CO. The van der Waals surface area contributed by atoms with Crippen LogP contribution in [0, 0.1) is 18.3 Å². The fraction of sp³-hybridized carbons (Fsp3) is 0.167. The number of nitrogens with two attached hydrogens (primary N) is 1. The number of carbonyl (C=O) groups is 1. The lowest BCUT2D eigenvalue weighted by molar-refractivity contribution is -0.122. The van der Waals surface area contributed by atoms with E-state index in [1.807, 2.05) is 30.7 Å². The normalized spacial score (nSPS) is 9.70. The van der Waals surface area contributed by atoms with Gasteiger partial charge in [0.05, 0.1) is 24.7 Å². The Kier molecular flexibility index (Phi) is 6.06. The predicted octanol–water partition coefficient (Wildman–Crippen LogP) is 2.02. The molecule has 3 heterocycles. The molecule has 0 radical (unpaired) electrons. The van der Waals surface area contributed by atoms with Crippen LogP contribution in [0.15, 0.2) is 30.6 Å². The number of ether oxygens (including phenoxy) is 1. The van der Waals surface area contributed by atoms with Gasteiger partial charge in [-0.3, -0.25) is 4.79 Å². The van der Waals surface area contributed by atoms with E-state index in [4.69, 9.17) is 20.4 Å². The summed E-state index contributed by atoms with van der Waals surface area (Å²) in [7, 11) is 3.45. The van der Waals surface area contributed by atoms with Crippen molar-refractivity contribution in [3.8, 4) is 34.5 Å². The molecule has 3 aromatic rings. The summed E-state index contributed by atoms with van der Waals surface area (Å²) in [6, 6.07) is 7.55. The summed E-state index contributed by atoms with van der Waals surface area (Å²) in [5, 5.41) is 16.3. The summed E-state index contributed by atoms with van der Waals surface area (Å²) < 4.78 is 6.97. The summed E-state index contributed by atoms with van der Waals surface area (Å²) in [5.74, 6) is 1.54. The number of pyridine rings is 2. The van der Waals surface area contributed by atoms with E-state index in [1.165, 1.54) is 0 Å². The first-order valence-electron chi connectivity index (χ1n) is 7.74. The van der Waals surface area contributed by atoms with Crippen LogP contribution in [0.1, 0.15) is 11.4 Å². The number of aryl methyl sites for hydroxylation is 1. The van der Waals surface area contributed by atoms with E-state index in [0.29, 0.717) is 22.7 Å². The van der Waals surface area contributed by atoms with Crippen molar-refractivity contribution in [2.45, 2.75) is 6.92 Å². The monoisotopic (exact) mass is 366 g/mol. The third-order valence-corrected chi connectivity index (χ3v) is 3.90. The molecule has 9 nitrogen and oxygen atoms in total. The van der Waals surface area contributed by atoms with Gasteiger partial charge in [0.2, 0.25) is 5.88 Å². The third kappa shape index (κ3) is 4.01. The summed E-state index contributed by atoms with van der Waals surface area (Å²) in [4.78, 5) is 21.2. The molecule has 0 saturated carbocycles. The van der Waals surface area contributed by atoms with Gasteiger partial charge in [0.25, 0.3) is 6.47 Å². The molecule has 0 aliphatic heterocycles. The van der Waals surface area contributed by atoms with Crippen molar-refractivity contribution >= 4 is 12.3 Å². The van der Waals surface area contributed by atoms with Crippen LogP contribution in [0.2, 0.25) is 0 Å². The standard InChI is InChI=1S/C17H16N6O.CH2O2/c1-10-20-9-15(23(10)2)12-6-14(22-17(19)13(12)7-18)11-4-5-16(24-3)21-8-11;2-1-3/h4-6,8-9H,1-3H3,(H2,19,22);1H,(H,2,3). The number of nitrogen functional groups attached to an aromatic ring is 1. The van der Waals surface area contributed by atoms with E-state index in [9.17, 15) is 5.26 Å². The Labute approximate surface area is 155 Å². The Balaban J connectivity index is 0.000000817. The highest BCUT2D eigenvalue weighted by Crippen LogP contribution is 2.31. The fourth-order valence-electron chi connectivity index (χ4n) is 2.44. The minimum absolute atomic E-state index is 0.180. The van der Waals surface area contributed by atoms with E-state index in [2.05, 4.69) is 21.0 Å². The van der Waals surface area contributed by atoms with Gasteiger partial charge in [-0.2, -0.15) is 5.26 Å². The molecular formula is C18H18N6O3. The lowest BCUT2D eigenvalue weighted by Gasteiger charge is -2.11. The van der Waals surface area contributed by atoms with Crippen molar-refractivity contribution in [1.29, 1.82) is 5.26 Å². The van der Waals surface area contributed by atoms with E-state index in [0.717, 1.165) is 17.1 Å². The molecule has 9 heteroatoms. The average molecular weight is 366 g/mol. The maximum atomic E-state index is 9.46. The largest absolute Gasteiger partial charge is 0.483 e. The number of aromatic nitrogens is 4. The Bertz CT molecular complexity index is 990. The molecule has 27 heavy (non-hydrogen) atoms. The number of rotatable bonds is 3. The first kappa shape index (κ1) is 19.4. The van der Waals surface area contributed by atoms with Crippen LogP contribution < -0.4 is 10.5 Å². The van der Waals surface area contributed by atoms with Crippen LogP contribution in [0.25, 0.3) is 22.5 Å². The third-order valence-electron chi connectivity index (χ3n) is 3.90. The molecule has 0 spiro atoms. The molecule has 0 amide bonds. The van der Waals surface area contributed by atoms with Crippen LogP contribution in [0.4, 0.5) is 5.82 Å². The van der Waals surface area contributed by atoms with Crippen molar-refractivity contribution < 1.29 is 14.6 Å². The minimum atomic E-state index is -0.250. The average Bonchev–Trinajstić information content (AvgIpc) is 3.00. The number of carboxylic acid groups (broad SMARTS) is 1. The van der Waals surface area contributed by atoms with Gasteiger partial charge in [0.15, 0.2) is 0 Å². The van der Waals surface area contributed by atoms with Gasteiger partial charge < -0.3 is 20.1 Å². The van der Waals surface area contributed by atoms with Crippen molar-refractivity contribution in [3.05, 3.63) is 42.0 Å². The lowest BCUT2D eigenvalue weighted by Crippen LogP contribution is -2.02. The molecule has 138 valence electrons. The maximum absolute atomic E-state index is 9.46. The summed E-state index contributed by atoms with van der Waals surface area (Å²) in [5.41, 5.74) is 9.27. The Hall–Kier alpha value is -3.93. The van der Waals surface area contributed by atoms with Crippen LogP contribution in [0.3, 0.4) is 0 Å². The summed E-state index contributed by atoms with van der Waals surface area (Å²) in [6.45, 7) is 1.65. The van der Waals surface area contributed by atoms with Gasteiger partial charge in [0.1, 0.15) is 23.3 Å². The van der Waals surface area contributed by atoms with Crippen LogP contribution in [-0.4, -0.2) is 38.2 Å². The molecule has 0 aromatic carbocycles. The van der Waals surface area contributed by atoms with Gasteiger partial charge in [0, 0.05) is 30.4 Å². The molecular weight excluding hydrogens is 348 g/mol. The number of imidazole rings is 1. The molecule has 3 rings (SSSR count). The Morgan fingerprint density at radius 3 is 2.52 bits per heavy atom. The predicted molar refractivity (Wildman–Crippen MR) is 98.8 cm³/mol. The zero-order valence-corrected chi connectivity index (χ0v) is 15.0. The first-order chi connectivity index (χ1) is 13.0. The van der Waals surface area contributed by atoms with Gasteiger partial charge in [-0.1, -0.05) is 0 Å². The van der Waals surface area contributed by atoms with E-state index < -0.39 is 0 Å². The molecule has 0 saturated heterocycles. The Morgan fingerprint density at radius 2 is 2.04 bits per heavy atom. The minimum Gasteiger partial charge on any atom is -0.483 e. The van der Waals surface area contributed by atoms with Crippen molar-refractivity contribution in [1.82, 2.24) is 19.5 Å². The van der Waals surface area contributed by atoms with Gasteiger partial charge >= 0.3 is 0 Å². The van der Waals surface area contributed by atoms with Crippen molar-refractivity contribution in [2.75, 3.05) is 12.8 Å². The highest BCUT2D eigenvalue weighted by Gasteiger charge is 2.16. The number of methoxy groups -OCH3 is 1. The van der Waals surface area contributed by atoms with E-state index >= 15 is 0 Å². The zero-order valence-electron chi connectivity index (χ0n) is 15.0. The number of nitriles is 1. The van der Waals surface area contributed by atoms with Crippen LogP contribution in [-0.2, 0) is 11.8 Å². The first-order valence-corrected chi connectivity index (χ1v) is 7.74. The zero-order chi connectivity index (χ0) is 20.0. The molecule has 0 atom stereocenters. The van der Waals surface area contributed by atoms with Gasteiger partial charge in [-0.05, 0) is 19.1 Å². The highest BCUT2D eigenvalue weighted by molar-refractivity contribution is 5.78. The molecule has 0 bridgehead atoms. The van der Waals surface area contributed by atoms with Crippen LogP contribution >= 0.6 is 0 Å². The quantitative estimate of drug-likeness (QED) is 0.671. The molecule has 3 aromatic heterocycles. The second-order valence-corrected chi connectivity index (χ2v) is 5.37. The number of hydrogen-bond acceptors (Lipinski definition) is 7. The van der Waals surface area contributed by atoms with Crippen molar-refractivity contribution in [3.63, 3.8) is 0 Å².